The van der Waals surface area contributed by atoms with Crippen LogP contribution in [-0.4, -0.2) is 50.0 Å². The average molecular weight is 348 g/mol. The molecular weight excluding hydrogens is 328 g/mol. The molecular formula is C19H20N6O. The monoisotopic (exact) mass is 348 g/mol. The molecule has 3 aromatic heterocycles. The Hall–Kier alpha value is -2.93. The Balaban J connectivity index is 1.56. The van der Waals surface area contributed by atoms with Crippen molar-refractivity contribution in [3.05, 3.63) is 60.2 Å². The van der Waals surface area contributed by atoms with E-state index in [0.717, 1.165) is 55.0 Å². The van der Waals surface area contributed by atoms with Gasteiger partial charge in [-0.05, 0) is 12.5 Å². The largest absolute Gasteiger partial charge is 0.481 e. The van der Waals surface area contributed by atoms with Crippen molar-refractivity contribution in [1.82, 2.24) is 29.8 Å². The lowest BCUT2D eigenvalue weighted by Crippen LogP contribution is -2.26. The van der Waals surface area contributed by atoms with Crippen molar-refractivity contribution < 1.29 is 4.74 Å². The van der Waals surface area contributed by atoms with E-state index in [2.05, 4.69) is 35.9 Å². The number of ether oxygens (including phenoxy) is 1. The van der Waals surface area contributed by atoms with Gasteiger partial charge in [-0.3, -0.25) is 4.90 Å². The van der Waals surface area contributed by atoms with Gasteiger partial charge in [0.25, 0.3) is 0 Å². The van der Waals surface area contributed by atoms with Crippen molar-refractivity contribution in [2.24, 2.45) is 0 Å². The van der Waals surface area contributed by atoms with Crippen molar-refractivity contribution in [3.8, 4) is 17.1 Å². The second-order valence-electron chi connectivity index (χ2n) is 6.22. The zero-order valence-electron chi connectivity index (χ0n) is 14.7. The molecule has 0 aromatic carbocycles. The minimum Gasteiger partial charge on any atom is -0.481 e. The van der Waals surface area contributed by atoms with Crippen molar-refractivity contribution in [3.63, 3.8) is 0 Å². The molecule has 132 valence electrons. The van der Waals surface area contributed by atoms with Crippen LogP contribution in [0.2, 0.25) is 0 Å². The van der Waals surface area contributed by atoms with Gasteiger partial charge in [0.15, 0.2) is 0 Å². The number of methoxy groups -OCH3 is 1. The van der Waals surface area contributed by atoms with Gasteiger partial charge in [-0.1, -0.05) is 6.07 Å². The molecule has 26 heavy (non-hydrogen) atoms. The van der Waals surface area contributed by atoms with Crippen LogP contribution >= 0.6 is 0 Å². The number of fused-ring (bicyclic) bond motifs is 1. The summed E-state index contributed by atoms with van der Waals surface area (Å²) in [7, 11) is 1.66. The van der Waals surface area contributed by atoms with Crippen LogP contribution in [0.15, 0.2) is 43.4 Å². The molecule has 3 aromatic rings. The van der Waals surface area contributed by atoms with Gasteiger partial charge < -0.3 is 4.74 Å². The third kappa shape index (κ3) is 3.39. The molecule has 4 heterocycles. The predicted molar refractivity (Wildman–Crippen MR) is 96.5 cm³/mol. The molecule has 1 aliphatic heterocycles. The summed E-state index contributed by atoms with van der Waals surface area (Å²) in [5, 5.41) is 0. The molecule has 0 N–H and O–H groups in total. The minimum atomic E-state index is 0.691. The molecule has 0 unspecified atom stereocenters. The standard InChI is InChI=1S/C19H20N6O/c1-26-19-14(3-2-6-22-19)11-25-7-4-16-17(5-8-25)23-13-24-18(16)15-9-20-12-21-10-15/h2-3,6,9-10,12-13H,4-5,7-8,11H2,1H3. The molecule has 1 aliphatic rings. The van der Waals surface area contributed by atoms with E-state index in [1.807, 2.05) is 6.07 Å². The quantitative estimate of drug-likeness (QED) is 0.713. The molecule has 0 radical (unpaired) electrons. The van der Waals surface area contributed by atoms with Gasteiger partial charge in [0.05, 0.1) is 12.8 Å². The molecule has 0 atom stereocenters. The van der Waals surface area contributed by atoms with E-state index in [-0.39, 0.29) is 0 Å². The summed E-state index contributed by atoms with van der Waals surface area (Å²) in [6.07, 6.45) is 10.3. The minimum absolute atomic E-state index is 0.691. The number of rotatable bonds is 4. The Kier molecular flexibility index (Phi) is 4.79. The van der Waals surface area contributed by atoms with Crippen molar-refractivity contribution in [1.29, 1.82) is 0 Å². The molecule has 0 saturated carbocycles. The predicted octanol–water partition coefficient (Wildman–Crippen LogP) is 1.94. The van der Waals surface area contributed by atoms with Crippen LogP contribution in [0.1, 0.15) is 16.8 Å². The lowest BCUT2D eigenvalue weighted by atomic mass is 10.0. The highest BCUT2D eigenvalue weighted by molar-refractivity contribution is 5.62. The second kappa shape index (κ2) is 7.53. The van der Waals surface area contributed by atoms with Gasteiger partial charge in [0.2, 0.25) is 5.88 Å². The number of pyridine rings is 1. The number of aromatic nitrogens is 5. The van der Waals surface area contributed by atoms with Crippen LogP contribution in [-0.2, 0) is 19.4 Å². The summed E-state index contributed by atoms with van der Waals surface area (Å²) in [4.78, 5) is 24.0. The Morgan fingerprint density at radius 1 is 1.04 bits per heavy atom. The van der Waals surface area contributed by atoms with Gasteiger partial charge in [-0.2, -0.15) is 0 Å². The van der Waals surface area contributed by atoms with E-state index in [1.54, 1.807) is 32.0 Å². The van der Waals surface area contributed by atoms with Crippen LogP contribution in [0, 0.1) is 0 Å². The third-order valence-corrected chi connectivity index (χ3v) is 4.65. The summed E-state index contributed by atoms with van der Waals surface area (Å²) in [6.45, 7) is 2.67. The maximum Gasteiger partial charge on any atom is 0.217 e. The molecule has 0 spiro atoms. The smallest absolute Gasteiger partial charge is 0.217 e. The Morgan fingerprint density at radius 3 is 2.73 bits per heavy atom. The number of hydrogen-bond acceptors (Lipinski definition) is 7. The van der Waals surface area contributed by atoms with Gasteiger partial charge in [-0.25, -0.2) is 24.9 Å². The highest BCUT2D eigenvalue weighted by atomic mass is 16.5. The number of hydrogen-bond donors (Lipinski definition) is 0. The fraction of sp³-hybridized carbons (Fsp3) is 0.316. The van der Waals surface area contributed by atoms with Crippen LogP contribution < -0.4 is 4.74 Å². The molecule has 0 amide bonds. The first-order chi connectivity index (χ1) is 12.8. The van der Waals surface area contributed by atoms with E-state index < -0.39 is 0 Å². The Morgan fingerprint density at radius 2 is 1.88 bits per heavy atom. The lowest BCUT2D eigenvalue weighted by molar-refractivity contribution is 0.272. The fourth-order valence-electron chi connectivity index (χ4n) is 3.37. The summed E-state index contributed by atoms with van der Waals surface area (Å²) in [6, 6.07) is 4.01. The summed E-state index contributed by atoms with van der Waals surface area (Å²) < 4.78 is 5.38. The van der Waals surface area contributed by atoms with Crippen molar-refractivity contribution in [2.45, 2.75) is 19.4 Å². The Bertz CT molecular complexity index is 886. The molecule has 0 saturated heterocycles. The maximum atomic E-state index is 5.38. The second-order valence-corrected chi connectivity index (χ2v) is 6.22. The Labute approximate surface area is 152 Å². The average Bonchev–Trinajstić information content (AvgIpc) is 2.91. The van der Waals surface area contributed by atoms with E-state index >= 15 is 0 Å². The maximum absolute atomic E-state index is 5.38. The molecule has 7 heteroatoms. The summed E-state index contributed by atoms with van der Waals surface area (Å²) in [5.74, 6) is 0.691. The van der Waals surface area contributed by atoms with Crippen LogP contribution in [0.4, 0.5) is 0 Å². The first kappa shape index (κ1) is 16.5. The normalized spacial score (nSPS) is 14.5. The topological polar surface area (TPSA) is 76.9 Å². The summed E-state index contributed by atoms with van der Waals surface area (Å²) >= 11 is 0. The van der Waals surface area contributed by atoms with Gasteiger partial charge in [0.1, 0.15) is 12.7 Å². The zero-order valence-corrected chi connectivity index (χ0v) is 14.7. The van der Waals surface area contributed by atoms with Gasteiger partial charge in [0, 0.05) is 67.0 Å². The van der Waals surface area contributed by atoms with Crippen molar-refractivity contribution in [2.75, 3.05) is 20.2 Å². The zero-order chi connectivity index (χ0) is 17.8. The highest BCUT2D eigenvalue weighted by Gasteiger charge is 2.20. The molecule has 0 bridgehead atoms. The molecule has 0 aliphatic carbocycles. The van der Waals surface area contributed by atoms with Crippen LogP contribution in [0.25, 0.3) is 11.3 Å². The summed E-state index contributed by atoms with van der Waals surface area (Å²) in [5.41, 5.74) is 5.29. The lowest BCUT2D eigenvalue weighted by Gasteiger charge is -2.20. The van der Waals surface area contributed by atoms with E-state index in [1.165, 1.54) is 11.9 Å². The third-order valence-electron chi connectivity index (χ3n) is 4.65. The van der Waals surface area contributed by atoms with Gasteiger partial charge >= 0.3 is 0 Å². The van der Waals surface area contributed by atoms with E-state index in [0.29, 0.717) is 5.88 Å². The first-order valence-electron chi connectivity index (χ1n) is 8.63. The van der Waals surface area contributed by atoms with Gasteiger partial charge in [-0.15, -0.1) is 0 Å². The molecule has 4 rings (SSSR count). The number of nitrogens with zero attached hydrogens (tertiary/aromatic N) is 6. The van der Waals surface area contributed by atoms with Crippen LogP contribution in [0.5, 0.6) is 5.88 Å². The van der Waals surface area contributed by atoms with E-state index in [4.69, 9.17) is 4.74 Å². The van der Waals surface area contributed by atoms with E-state index in [9.17, 15) is 0 Å². The highest BCUT2D eigenvalue weighted by Crippen LogP contribution is 2.25. The first-order valence-corrected chi connectivity index (χ1v) is 8.63. The molecule has 7 nitrogen and oxygen atoms in total. The SMILES string of the molecule is COc1ncccc1CN1CCc2ncnc(-c3cncnc3)c2CC1. The van der Waals surface area contributed by atoms with Crippen molar-refractivity contribution >= 4 is 0 Å². The van der Waals surface area contributed by atoms with Crippen LogP contribution in [0.3, 0.4) is 0 Å². The fourth-order valence-corrected chi connectivity index (χ4v) is 3.37. The molecule has 0 fully saturated rings.